The number of aliphatic hydroxyl groups excluding tert-OH is 2. The summed E-state index contributed by atoms with van der Waals surface area (Å²) in [6.45, 7) is 4.66. The number of rotatable bonds is 12. The highest BCUT2D eigenvalue weighted by molar-refractivity contribution is 5.80. The number of hydrogen-bond donors (Lipinski definition) is 3. The van der Waals surface area contributed by atoms with E-state index >= 15 is 0 Å². The van der Waals surface area contributed by atoms with E-state index in [4.69, 9.17) is 43.6 Å². The molecule has 0 saturated carbocycles. The Labute approximate surface area is 304 Å². The lowest BCUT2D eigenvalue weighted by Crippen LogP contribution is -2.63. The summed E-state index contributed by atoms with van der Waals surface area (Å²) >= 11 is 0. The molecule has 4 unspecified atom stereocenters. The molecule has 0 aliphatic carbocycles. The van der Waals surface area contributed by atoms with Crippen molar-refractivity contribution in [3.05, 3.63) is 71.8 Å². The van der Waals surface area contributed by atoms with Gasteiger partial charge in [-0.15, -0.1) is 0 Å². The maximum Gasteiger partial charge on any atom is 0.337 e. The van der Waals surface area contributed by atoms with Gasteiger partial charge in [-0.3, -0.25) is 24.0 Å². The van der Waals surface area contributed by atoms with Crippen LogP contribution in [0.4, 0.5) is 0 Å². The Kier molecular flexibility index (Phi) is 16.3. The van der Waals surface area contributed by atoms with Crippen molar-refractivity contribution < 1.29 is 81.6 Å². The minimum Gasteiger partial charge on any atom is -0.467 e. The van der Waals surface area contributed by atoms with Gasteiger partial charge in [0.2, 0.25) is 18.5 Å². The number of carbonyl (C=O) groups is 6. The maximum atomic E-state index is 11.9. The highest BCUT2D eigenvalue weighted by atomic mass is 16.7. The Hall–Kier alpha value is -4.98. The first-order valence-electron chi connectivity index (χ1n) is 16.2. The second-order valence-electron chi connectivity index (χ2n) is 11.6. The van der Waals surface area contributed by atoms with E-state index in [1.54, 1.807) is 36.4 Å². The van der Waals surface area contributed by atoms with Crippen molar-refractivity contribution in [3.8, 4) is 0 Å². The number of carbonyl (C=O) groups excluding carboxylic acids is 6. The predicted octanol–water partition coefficient (Wildman–Crippen LogP) is -0.0369. The van der Waals surface area contributed by atoms with Gasteiger partial charge >= 0.3 is 29.8 Å². The van der Waals surface area contributed by atoms with Crippen LogP contribution in [0.2, 0.25) is 0 Å². The molecule has 18 heteroatoms. The van der Waals surface area contributed by atoms with Crippen LogP contribution < -0.4 is 5.73 Å². The van der Waals surface area contributed by atoms with E-state index in [2.05, 4.69) is 4.74 Å². The number of ether oxygens (including phenoxy) is 9. The Morgan fingerprint density at radius 1 is 0.585 bits per heavy atom. The molecule has 2 aromatic carbocycles. The Morgan fingerprint density at radius 2 is 0.943 bits per heavy atom. The third-order valence-corrected chi connectivity index (χ3v) is 7.49. The van der Waals surface area contributed by atoms with Crippen LogP contribution in [0.25, 0.3) is 0 Å². The lowest BCUT2D eigenvalue weighted by atomic mass is 9.97. The summed E-state index contributed by atoms with van der Waals surface area (Å²) in [6.07, 6.45) is -13.8. The minimum atomic E-state index is -1.52. The fraction of sp³-hybridized carbons (Fsp3) is 0.486. The molecule has 2 aromatic rings. The number of nitrogens with two attached hydrogens (primary N) is 1. The van der Waals surface area contributed by atoms with Gasteiger partial charge in [0, 0.05) is 27.7 Å². The van der Waals surface area contributed by atoms with E-state index in [1.807, 2.05) is 24.3 Å². The molecule has 2 fully saturated rings. The molecule has 2 saturated heterocycles. The predicted molar refractivity (Wildman–Crippen MR) is 175 cm³/mol. The number of amides is 1. The van der Waals surface area contributed by atoms with E-state index in [1.165, 1.54) is 0 Å². The molecule has 2 heterocycles. The molecule has 10 atom stereocenters. The summed E-state index contributed by atoms with van der Waals surface area (Å²) in [6, 6.07) is 18.1. The highest BCUT2D eigenvalue weighted by Crippen LogP contribution is 2.30. The Morgan fingerprint density at radius 3 is 1.28 bits per heavy atom. The lowest BCUT2D eigenvalue weighted by Gasteiger charge is -2.42. The van der Waals surface area contributed by atoms with Crippen LogP contribution in [0.15, 0.2) is 60.7 Å². The second kappa shape index (κ2) is 20.3. The maximum absolute atomic E-state index is 11.9. The zero-order valence-electron chi connectivity index (χ0n) is 29.6. The summed E-state index contributed by atoms with van der Waals surface area (Å²) in [5.41, 5.74) is 6.81. The van der Waals surface area contributed by atoms with Gasteiger partial charge in [-0.1, -0.05) is 60.7 Å². The molecule has 4 rings (SSSR count). The second-order valence-corrected chi connectivity index (χ2v) is 11.6. The van der Waals surface area contributed by atoms with E-state index in [0.717, 1.165) is 45.9 Å². The molecule has 18 nitrogen and oxygen atoms in total. The quantitative estimate of drug-likeness (QED) is 0.190. The van der Waals surface area contributed by atoms with Gasteiger partial charge in [0.05, 0.1) is 20.3 Å². The molecule has 0 radical (unpaired) electrons. The summed E-state index contributed by atoms with van der Waals surface area (Å²) in [7, 11) is 1.12. The molecular weight excluding hydrogens is 706 g/mol. The van der Waals surface area contributed by atoms with Crippen molar-refractivity contribution in [2.24, 2.45) is 5.73 Å². The first-order valence-corrected chi connectivity index (χ1v) is 16.2. The van der Waals surface area contributed by atoms with Gasteiger partial charge in [0.15, 0.2) is 24.4 Å². The van der Waals surface area contributed by atoms with Crippen molar-refractivity contribution in [2.75, 3.05) is 7.11 Å². The highest BCUT2D eigenvalue weighted by Gasteiger charge is 2.53. The van der Waals surface area contributed by atoms with Crippen molar-refractivity contribution in [1.29, 1.82) is 0 Å². The first kappa shape index (κ1) is 42.4. The molecular formula is C35H43NO17. The fourth-order valence-electron chi connectivity index (χ4n) is 5.26. The third-order valence-electron chi connectivity index (χ3n) is 7.49. The lowest BCUT2D eigenvalue weighted by molar-refractivity contribution is -0.297. The summed E-state index contributed by atoms with van der Waals surface area (Å²) in [5.74, 6) is -4.70. The van der Waals surface area contributed by atoms with Gasteiger partial charge in [0.1, 0.15) is 24.4 Å². The number of esters is 5. The zero-order chi connectivity index (χ0) is 39.2. The van der Waals surface area contributed by atoms with E-state index in [9.17, 15) is 39.0 Å². The normalized spacial score (nSPS) is 27.8. The number of aliphatic hydroxyl groups is 2. The summed E-state index contributed by atoms with van der Waals surface area (Å²) < 4.78 is 46.9. The average molecular weight is 750 g/mol. The van der Waals surface area contributed by atoms with Gasteiger partial charge in [-0.2, -0.15) is 0 Å². The van der Waals surface area contributed by atoms with Crippen molar-refractivity contribution >= 4 is 35.8 Å². The van der Waals surface area contributed by atoms with Crippen molar-refractivity contribution in [2.45, 2.75) is 102 Å². The topological polar surface area (TPSA) is 252 Å². The molecule has 0 bridgehead atoms. The van der Waals surface area contributed by atoms with Gasteiger partial charge in [-0.25, -0.2) is 4.79 Å². The Bertz CT molecular complexity index is 1540. The zero-order valence-corrected chi connectivity index (χ0v) is 29.6. The third kappa shape index (κ3) is 12.6. The van der Waals surface area contributed by atoms with Crippen LogP contribution in [0, 0.1) is 0 Å². The van der Waals surface area contributed by atoms with Crippen molar-refractivity contribution in [1.82, 2.24) is 0 Å². The number of methoxy groups -OCH3 is 1. The van der Waals surface area contributed by atoms with E-state index in [0.29, 0.717) is 0 Å². The van der Waals surface area contributed by atoms with E-state index < -0.39 is 97.2 Å². The van der Waals surface area contributed by atoms with Gasteiger partial charge in [0.25, 0.3) is 0 Å². The fourth-order valence-corrected chi connectivity index (χ4v) is 5.26. The molecule has 1 amide bonds. The Balaban J connectivity index is 0.000000286. The largest absolute Gasteiger partial charge is 0.467 e. The number of primary amides is 1. The monoisotopic (exact) mass is 749 g/mol. The number of benzene rings is 2. The smallest absolute Gasteiger partial charge is 0.337 e. The average Bonchev–Trinajstić information content (AvgIpc) is 3.10. The molecule has 2 aliphatic heterocycles. The first-order chi connectivity index (χ1) is 25.1. The van der Waals surface area contributed by atoms with Crippen LogP contribution in [0.1, 0.15) is 38.8 Å². The molecule has 53 heavy (non-hydrogen) atoms. The van der Waals surface area contributed by atoms with Crippen LogP contribution in [0.3, 0.4) is 0 Å². The van der Waals surface area contributed by atoms with Crippen LogP contribution in [-0.2, 0) is 84.6 Å². The summed E-state index contributed by atoms with van der Waals surface area (Å²) in [4.78, 5) is 69.2. The summed E-state index contributed by atoms with van der Waals surface area (Å²) in [5, 5.41) is 21.0. The van der Waals surface area contributed by atoms with Crippen LogP contribution in [0.5, 0.6) is 0 Å². The van der Waals surface area contributed by atoms with Gasteiger partial charge in [-0.05, 0) is 11.1 Å². The van der Waals surface area contributed by atoms with E-state index in [-0.39, 0.29) is 13.2 Å². The minimum absolute atomic E-state index is 0.0542. The standard InChI is InChI=1S/C18H22O9.C17H21NO8/c1-10(19)25-16-14(24-9-12-7-5-4-6-8-12)13(21)15(17(22)23-3)27-18(16)26-11(2)20;1-9(19)24-15-13(23-8-11-6-4-3-5-7-11)12(21)14(16(18)22)26-17(15)25-10(2)20/h4-8,13-16,18,21H,9H2,1-3H3;3-7,12-15,17,21H,8H2,1-2H3,(H2,18,22)/t13-,14+,15?,16?,18+;12-,13+,14?,15?,17+/m00/s1. The van der Waals surface area contributed by atoms with Crippen LogP contribution in [-0.4, -0.2) is 114 Å². The number of hydrogen-bond acceptors (Lipinski definition) is 17. The molecule has 0 aromatic heterocycles. The SMILES string of the molecule is CC(=O)OC1[C@H](OC(C)=O)OC(C(N)=O)[C@@H](O)[C@H]1OCc1ccccc1.COC(=O)C1O[C@@H](OC(C)=O)C(OC(C)=O)[C@H](OCc2ccccc2)[C@@H]1O. The molecule has 0 spiro atoms. The van der Waals surface area contributed by atoms with Crippen molar-refractivity contribution in [3.63, 3.8) is 0 Å². The molecule has 290 valence electrons. The molecule has 4 N–H and O–H groups in total. The van der Waals surface area contributed by atoms with Gasteiger partial charge < -0.3 is 58.6 Å². The van der Waals surface area contributed by atoms with Crippen LogP contribution >= 0.6 is 0 Å². The molecule has 2 aliphatic rings.